The second kappa shape index (κ2) is 8.55. The topological polar surface area (TPSA) is 47.6 Å². The Bertz CT molecular complexity index is 527. The van der Waals surface area contributed by atoms with Gasteiger partial charge in [-0.05, 0) is 56.7 Å². The van der Waals surface area contributed by atoms with Crippen LogP contribution in [0.2, 0.25) is 5.02 Å². The Morgan fingerprint density at radius 1 is 1.22 bits per heavy atom. The Kier molecular flexibility index (Phi) is 6.72. The molecular weight excluding hydrogens is 314 g/mol. The van der Waals surface area contributed by atoms with E-state index in [-0.39, 0.29) is 5.91 Å². The molecule has 1 aliphatic rings. The van der Waals surface area contributed by atoms with Crippen molar-refractivity contribution >= 4 is 23.2 Å². The molecule has 1 aromatic rings. The van der Waals surface area contributed by atoms with Gasteiger partial charge in [-0.3, -0.25) is 4.79 Å². The van der Waals surface area contributed by atoms with Crippen LogP contribution in [0.5, 0.6) is 5.75 Å². The SMILES string of the molecule is CCCOc1ccc(NC(=O)C2(OCCC)CCCC2)cc1Cl. The number of hydrogen-bond donors (Lipinski definition) is 1. The maximum Gasteiger partial charge on any atom is 0.256 e. The summed E-state index contributed by atoms with van der Waals surface area (Å²) in [5.41, 5.74) is -0.00455. The molecule has 2 rings (SSSR count). The fourth-order valence-electron chi connectivity index (χ4n) is 2.83. The first-order chi connectivity index (χ1) is 11.1. The van der Waals surface area contributed by atoms with Gasteiger partial charge in [0.15, 0.2) is 0 Å². The van der Waals surface area contributed by atoms with Gasteiger partial charge in [0.25, 0.3) is 5.91 Å². The Hall–Kier alpha value is -1.26. The Morgan fingerprint density at radius 2 is 1.91 bits per heavy atom. The minimum atomic E-state index is -0.681. The number of rotatable bonds is 8. The maximum atomic E-state index is 12.7. The molecule has 0 unspecified atom stereocenters. The van der Waals surface area contributed by atoms with Gasteiger partial charge in [-0.2, -0.15) is 0 Å². The molecule has 0 bridgehead atoms. The van der Waals surface area contributed by atoms with Crippen molar-refractivity contribution in [2.75, 3.05) is 18.5 Å². The van der Waals surface area contributed by atoms with Crippen LogP contribution in [-0.2, 0) is 9.53 Å². The molecule has 1 saturated carbocycles. The molecule has 128 valence electrons. The molecule has 23 heavy (non-hydrogen) atoms. The summed E-state index contributed by atoms with van der Waals surface area (Å²) in [6.07, 6.45) is 5.45. The van der Waals surface area contributed by atoms with Crippen LogP contribution >= 0.6 is 11.6 Å². The fourth-order valence-corrected chi connectivity index (χ4v) is 3.07. The van der Waals surface area contributed by atoms with Gasteiger partial charge in [0.05, 0.1) is 11.6 Å². The number of benzene rings is 1. The van der Waals surface area contributed by atoms with E-state index in [2.05, 4.69) is 12.2 Å². The van der Waals surface area contributed by atoms with Gasteiger partial charge in [0.2, 0.25) is 0 Å². The third kappa shape index (κ3) is 4.61. The number of halogens is 1. The Labute approximate surface area is 143 Å². The molecular formula is C18H26ClNO3. The van der Waals surface area contributed by atoms with Crippen LogP contribution in [0, 0.1) is 0 Å². The molecule has 1 N–H and O–H groups in total. The lowest BCUT2D eigenvalue weighted by molar-refractivity contribution is -0.140. The zero-order valence-corrected chi connectivity index (χ0v) is 14.7. The number of hydrogen-bond acceptors (Lipinski definition) is 3. The van der Waals surface area contributed by atoms with Gasteiger partial charge in [-0.25, -0.2) is 0 Å². The van der Waals surface area contributed by atoms with E-state index in [1.54, 1.807) is 12.1 Å². The maximum absolute atomic E-state index is 12.7. The highest BCUT2D eigenvalue weighted by molar-refractivity contribution is 6.32. The Morgan fingerprint density at radius 3 is 2.52 bits per heavy atom. The number of carbonyl (C=O) groups excluding carboxylic acids is 1. The molecule has 0 aliphatic heterocycles. The van der Waals surface area contributed by atoms with Gasteiger partial charge >= 0.3 is 0 Å². The van der Waals surface area contributed by atoms with Crippen LogP contribution in [0.3, 0.4) is 0 Å². The molecule has 0 saturated heterocycles. The first-order valence-electron chi connectivity index (χ1n) is 8.49. The highest BCUT2D eigenvalue weighted by atomic mass is 35.5. The summed E-state index contributed by atoms with van der Waals surface area (Å²) in [4.78, 5) is 12.7. The average Bonchev–Trinajstić information content (AvgIpc) is 3.02. The zero-order chi connectivity index (χ0) is 16.7. The van der Waals surface area contributed by atoms with Crippen molar-refractivity contribution in [1.82, 2.24) is 0 Å². The predicted octanol–water partition coefficient (Wildman–Crippen LogP) is 4.81. The van der Waals surface area contributed by atoms with Gasteiger partial charge < -0.3 is 14.8 Å². The normalized spacial score (nSPS) is 16.3. The van der Waals surface area contributed by atoms with Crippen molar-refractivity contribution in [3.05, 3.63) is 23.2 Å². The van der Waals surface area contributed by atoms with E-state index in [4.69, 9.17) is 21.1 Å². The summed E-state index contributed by atoms with van der Waals surface area (Å²) in [5, 5.41) is 3.46. The molecule has 4 nitrogen and oxygen atoms in total. The minimum absolute atomic E-state index is 0.0678. The molecule has 0 aromatic heterocycles. The summed E-state index contributed by atoms with van der Waals surface area (Å²) in [7, 11) is 0. The largest absolute Gasteiger partial charge is 0.492 e. The van der Waals surface area contributed by atoms with E-state index in [1.165, 1.54) is 0 Å². The summed E-state index contributed by atoms with van der Waals surface area (Å²) in [5.74, 6) is 0.575. The van der Waals surface area contributed by atoms with Crippen molar-refractivity contribution in [2.45, 2.75) is 58.0 Å². The molecule has 0 spiro atoms. The predicted molar refractivity (Wildman–Crippen MR) is 93.3 cm³/mol. The monoisotopic (exact) mass is 339 g/mol. The highest BCUT2D eigenvalue weighted by Crippen LogP contribution is 2.35. The summed E-state index contributed by atoms with van der Waals surface area (Å²) < 4.78 is 11.5. The second-order valence-electron chi connectivity index (χ2n) is 6.00. The first-order valence-corrected chi connectivity index (χ1v) is 8.87. The Balaban J connectivity index is 2.05. The van der Waals surface area contributed by atoms with Gasteiger partial charge in [-0.15, -0.1) is 0 Å². The molecule has 0 atom stereocenters. The molecule has 0 heterocycles. The van der Waals surface area contributed by atoms with Crippen molar-refractivity contribution in [1.29, 1.82) is 0 Å². The standard InChI is InChI=1S/C18H26ClNO3/c1-3-11-22-16-8-7-14(13-15(16)19)20-17(21)18(23-12-4-2)9-5-6-10-18/h7-8,13H,3-6,9-12H2,1-2H3,(H,20,21). The van der Waals surface area contributed by atoms with Crippen molar-refractivity contribution in [3.8, 4) is 5.75 Å². The lowest BCUT2D eigenvalue weighted by Crippen LogP contribution is -2.43. The molecule has 1 aromatic carbocycles. The number of anilines is 1. The molecule has 1 aliphatic carbocycles. The lowest BCUT2D eigenvalue weighted by Gasteiger charge is -2.28. The van der Waals surface area contributed by atoms with E-state index in [0.717, 1.165) is 38.5 Å². The summed E-state index contributed by atoms with van der Waals surface area (Å²) in [6, 6.07) is 5.34. The number of nitrogens with one attached hydrogen (secondary N) is 1. The van der Waals surface area contributed by atoms with E-state index >= 15 is 0 Å². The molecule has 5 heteroatoms. The first kappa shape index (κ1) is 18.1. The second-order valence-corrected chi connectivity index (χ2v) is 6.40. The van der Waals surface area contributed by atoms with Gasteiger partial charge in [0, 0.05) is 12.3 Å². The molecule has 0 radical (unpaired) electrons. The third-order valence-electron chi connectivity index (χ3n) is 4.06. The number of ether oxygens (including phenoxy) is 2. The van der Waals surface area contributed by atoms with Crippen LogP contribution in [0.4, 0.5) is 5.69 Å². The van der Waals surface area contributed by atoms with Gasteiger partial charge in [-0.1, -0.05) is 25.4 Å². The summed E-state index contributed by atoms with van der Waals surface area (Å²) >= 11 is 6.22. The molecule has 1 fully saturated rings. The van der Waals surface area contributed by atoms with E-state index in [1.807, 2.05) is 13.0 Å². The quantitative estimate of drug-likeness (QED) is 0.739. The highest BCUT2D eigenvalue weighted by Gasteiger charge is 2.42. The van der Waals surface area contributed by atoms with Crippen molar-refractivity contribution in [3.63, 3.8) is 0 Å². The molecule has 1 amide bonds. The summed E-state index contributed by atoms with van der Waals surface area (Å²) in [6.45, 7) is 5.33. The fraction of sp³-hybridized carbons (Fsp3) is 0.611. The van der Waals surface area contributed by atoms with Crippen molar-refractivity contribution < 1.29 is 14.3 Å². The zero-order valence-electron chi connectivity index (χ0n) is 14.0. The van der Waals surface area contributed by atoms with E-state index in [0.29, 0.717) is 29.7 Å². The van der Waals surface area contributed by atoms with Crippen LogP contribution in [0.15, 0.2) is 18.2 Å². The average molecular weight is 340 g/mol. The van der Waals surface area contributed by atoms with Gasteiger partial charge in [0.1, 0.15) is 11.4 Å². The lowest BCUT2D eigenvalue weighted by atomic mass is 10.0. The van der Waals surface area contributed by atoms with Crippen LogP contribution in [0.1, 0.15) is 52.4 Å². The number of carbonyl (C=O) groups is 1. The third-order valence-corrected chi connectivity index (χ3v) is 4.35. The van der Waals surface area contributed by atoms with Crippen LogP contribution in [-0.4, -0.2) is 24.7 Å². The van der Waals surface area contributed by atoms with Crippen molar-refractivity contribution in [2.24, 2.45) is 0 Å². The van der Waals surface area contributed by atoms with E-state index < -0.39 is 5.60 Å². The number of amides is 1. The van der Waals surface area contributed by atoms with E-state index in [9.17, 15) is 4.79 Å². The van der Waals surface area contributed by atoms with Crippen LogP contribution < -0.4 is 10.1 Å². The minimum Gasteiger partial charge on any atom is -0.492 e. The van der Waals surface area contributed by atoms with Crippen LogP contribution in [0.25, 0.3) is 0 Å². The smallest absolute Gasteiger partial charge is 0.256 e.